The van der Waals surface area contributed by atoms with Gasteiger partial charge in [0.1, 0.15) is 17.2 Å². The van der Waals surface area contributed by atoms with Crippen LogP contribution in [0.2, 0.25) is 0 Å². The van der Waals surface area contributed by atoms with Crippen LogP contribution in [-0.4, -0.2) is 17.1 Å². The van der Waals surface area contributed by atoms with Crippen LogP contribution in [0.1, 0.15) is 39.0 Å². The molecule has 3 rings (SSSR count). The molecule has 1 heterocycles. The van der Waals surface area contributed by atoms with Gasteiger partial charge in [0.05, 0.1) is 11.9 Å². The minimum absolute atomic E-state index is 0.311. The minimum Gasteiger partial charge on any atom is -0.489 e. The van der Waals surface area contributed by atoms with Crippen molar-refractivity contribution in [2.24, 2.45) is 5.10 Å². The van der Waals surface area contributed by atoms with Crippen molar-refractivity contribution < 1.29 is 9.53 Å². The number of aryl methyl sites for hydroxylation is 2. The predicted molar refractivity (Wildman–Crippen MR) is 113 cm³/mol. The maximum Gasteiger partial charge on any atom is 0.283 e. The number of aromatic nitrogens is 1. The summed E-state index contributed by atoms with van der Waals surface area (Å²) in [6, 6.07) is 15.6. The molecule has 0 bridgehead atoms. The number of nitrogens with zero attached hydrogens (tertiary/aromatic N) is 2. The molecule has 144 valence electrons. The Hall–Kier alpha value is -3.19. The van der Waals surface area contributed by atoms with E-state index >= 15 is 0 Å². The third-order valence-electron chi connectivity index (χ3n) is 4.15. The molecule has 0 aliphatic rings. The van der Waals surface area contributed by atoms with E-state index in [1.54, 1.807) is 6.21 Å². The normalized spacial score (nSPS) is 10.9. The number of nitrogens with one attached hydrogen (secondary N) is 1. The summed E-state index contributed by atoms with van der Waals surface area (Å²) in [7, 11) is 0. The van der Waals surface area contributed by atoms with Crippen molar-refractivity contribution >= 4 is 28.6 Å². The number of amides is 1. The van der Waals surface area contributed by atoms with Crippen LogP contribution < -0.4 is 15.9 Å². The molecule has 6 nitrogen and oxygen atoms in total. The summed E-state index contributed by atoms with van der Waals surface area (Å²) in [5.41, 5.74) is 12.0. The zero-order valence-electron chi connectivity index (χ0n) is 15.8. The summed E-state index contributed by atoms with van der Waals surface area (Å²) in [6.07, 6.45) is 2.22. The lowest BCUT2D eigenvalue weighted by molar-refractivity contribution is 0.0958. The average Bonchev–Trinajstić information content (AvgIpc) is 3.08. The van der Waals surface area contributed by atoms with E-state index in [2.05, 4.69) is 28.5 Å². The number of thiazole rings is 1. The molecule has 0 saturated heterocycles. The Morgan fingerprint density at radius 1 is 1.29 bits per heavy atom. The molecule has 0 unspecified atom stereocenters. The van der Waals surface area contributed by atoms with Crippen molar-refractivity contribution in [3.05, 3.63) is 75.8 Å². The molecular formula is C21H22N4O2S. The molecule has 0 atom stereocenters. The number of hydrogen-bond donors (Lipinski definition) is 2. The topological polar surface area (TPSA) is 89.6 Å². The van der Waals surface area contributed by atoms with Crippen LogP contribution >= 0.6 is 11.3 Å². The predicted octanol–water partition coefficient (Wildman–Crippen LogP) is 3.94. The van der Waals surface area contributed by atoms with E-state index in [1.165, 1.54) is 5.56 Å². The van der Waals surface area contributed by atoms with Crippen molar-refractivity contribution in [3.8, 4) is 5.75 Å². The molecular weight excluding hydrogens is 372 g/mol. The fraction of sp³-hybridized carbons (Fsp3) is 0.190. The van der Waals surface area contributed by atoms with E-state index in [0.717, 1.165) is 28.2 Å². The highest BCUT2D eigenvalue weighted by Crippen LogP contribution is 2.20. The van der Waals surface area contributed by atoms with Crippen molar-refractivity contribution in [3.63, 3.8) is 0 Å². The molecule has 0 aliphatic heterocycles. The van der Waals surface area contributed by atoms with Crippen LogP contribution in [0.25, 0.3) is 0 Å². The second-order valence-corrected chi connectivity index (χ2v) is 7.20. The highest BCUT2D eigenvalue weighted by Gasteiger charge is 2.15. The van der Waals surface area contributed by atoms with Gasteiger partial charge in [0.25, 0.3) is 5.91 Å². The van der Waals surface area contributed by atoms with Crippen LogP contribution in [0.5, 0.6) is 5.75 Å². The molecule has 1 amide bonds. The van der Waals surface area contributed by atoms with Crippen molar-refractivity contribution in [2.75, 3.05) is 5.73 Å². The number of carbonyl (C=O) groups excluding carboxylic acids is 1. The Balaban J connectivity index is 1.61. The van der Waals surface area contributed by atoms with Gasteiger partial charge in [-0.15, -0.1) is 0 Å². The average molecular weight is 395 g/mol. The van der Waals surface area contributed by atoms with Crippen molar-refractivity contribution in [2.45, 2.75) is 26.9 Å². The highest BCUT2D eigenvalue weighted by atomic mass is 32.1. The summed E-state index contributed by atoms with van der Waals surface area (Å²) < 4.78 is 5.87. The molecule has 0 aliphatic carbocycles. The van der Waals surface area contributed by atoms with Gasteiger partial charge in [0.15, 0.2) is 5.13 Å². The first kappa shape index (κ1) is 19.6. The number of nitrogens with two attached hydrogens (primary N) is 1. The summed E-state index contributed by atoms with van der Waals surface area (Å²) in [4.78, 5) is 16.9. The van der Waals surface area contributed by atoms with Gasteiger partial charge in [-0.2, -0.15) is 5.10 Å². The number of anilines is 1. The van der Waals surface area contributed by atoms with Gasteiger partial charge in [0.2, 0.25) is 0 Å². The fourth-order valence-corrected chi connectivity index (χ4v) is 3.43. The molecule has 7 heteroatoms. The molecule has 1 aromatic heterocycles. The van der Waals surface area contributed by atoms with Gasteiger partial charge < -0.3 is 10.5 Å². The van der Waals surface area contributed by atoms with Crippen LogP contribution in [0.15, 0.2) is 53.6 Å². The molecule has 0 spiro atoms. The maximum atomic E-state index is 12.3. The van der Waals surface area contributed by atoms with E-state index in [0.29, 0.717) is 28.7 Å². The number of ether oxygens (including phenoxy) is 1. The lowest BCUT2D eigenvalue weighted by Gasteiger charge is -2.09. The Bertz CT molecular complexity index is 998. The molecule has 3 aromatic rings. The maximum absolute atomic E-state index is 12.3. The molecule has 28 heavy (non-hydrogen) atoms. The van der Waals surface area contributed by atoms with Crippen molar-refractivity contribution in [1.29, 1.82) is 0 Å². The Kier molecular flexibility index (Phi) is 6.39. The van der Waals surface area contributed by atoms with Gasteiger partial charge in [-0.25, -0.2) is 10.4 Å². The largest absolute Gasteiger partial charge is 0.489 e. The smallest absolute Gasteiger partial charge is 0.283 e. The van der Waals surface area contributed by atoms with E-state index in [1.807, 2.05) is 49.4 Å². The SMILES string of the molecule is CCc1nc(N)sc1C(=O)N/N=C\c1cccc(OCc2ccccc2C)c1. The highest BCUT2D eigenvalue weighted by molar-refractivity contribution is 7.17. The number of benzene rings is 2. The molecule has 0 fully saturated rings. The van der Waals surface area contributed by atoms with Gasteiger partial charge in [-0.05, 0) is 42.2 Å². The Morgan fingerprint density at radius 3 is 2.89 bits per heavy atom. The zero-order chi connectivity index (χ0) is 19.9. The standard InChI is InChI=1S/C21H22N4O2S/c1-3-18-19(28-21(22)24-18)20(26)25-23-12-15-8-6-10-17(11-15)27-13-16-9-5-4-7-14(16)2/h4-12H,3,13H2,1-2H3,(H2,22,24)(H,25,26)/b23-12-. The molecule has 0 saturated carbocycles. The van der Waals surface area contributed by atoms with E-state index in [4.69, 9.17) is 10.5 Å². The van der Waals surface area contributed by atoms with Crippen LogP contribution in [0.3, 0.4) is 0 Å². The van der Waals surface area contributed by atoms with Crippen LogP contribution in [0, 0.1) is 6.92 Å². The monoisotopic (exact) mass is 394 g/mol. The second kappa shape index (κ2) is 9.14. The van der Waals surface area contributed by atoms with E-state index < -0.39 is 0 Å². The lowest BCUT2D eigenvalue weighted by atomic mass is 10.1. The Labute approximate surface area is 168 Å². The first-order chi connectivity index (χ1) is 13.6. The lowest BCUT2D eigenvalue weighted by Crippen LogP contribution is -2.17. The van der Waals surface area contributed by atoms with Gasteiger partial charge in [-0.3, -0.25) is 4.79 Å². The van der Waals surface area contributed by atoms with E-state index in [-0.39, 0.29) is 5.91 Å². The third-order valence-corrected chi connectivity index (χ3v) is 5.07. The Morgan fingerprint density at radius 2 is 2.11 bits per heavy atom. The second-order valence-electron chi connectivity index (χ2n) is 6.17. The number of rotatable bonds is 7. The van der Waals surface area contributed by atoms with Crippen molar-refractivity contribution in [1.82, 2.24) is 10.4 Å². The zero-order valence-corrected chi connectivity index (χ0v) is 16.6. The van der Waals surface area contributed by atoms with Gasteiger partial charge in [0, 0.05) is 0 Å². The summed E-state index contributed by atoms with van der Waals surface area (Å²) in [6.45, 7) is 4.48. The fourth-order valence-electron chi connectivity index (χ4n) is 2.62. The van der Waals surface area contributed by atoms with Gasteiger partial charge >= 0.3 is 0 Å². The molecule has 0 radical (unpaired) electrons. The first-order valence-electron chi connectivity index (χ1n) is 8.92. The molecule has 3 N–H and O–H groups in total. The summed E-state index contributed by atoms with van der Waals surface area (Å²) in [5, 5.41) is 4.41. The summed E-state index contributed by atoms with van der Waals surface area (Å²) in [5.74, 6) is 0.427. The van der Waals surface area contributed by atoms with Gasteiger partial charge in [-0.1, -0.05) is 54.7 Å². The molecule has 2 aromatic carbocycles. The summed E-state index contributed by atoms with van der Waals surface area (Å²) >= 11 is 1.16. The number of nitrogen functional groups attached to an aromatic ring is 1. The third kappa shape index (κ3) is 4.95. The van der Waals surface area contributed by atoms with E-state index in [9.17, 15) is 4.79 Å². The number of hydrogen-bond acceptors (Lipinski definition) is 6. The van der Waals surface area contributed by atoms with Crippen LogP contribution in [-0.2, 0) is 13.0 Å². The van der Waals surface area contributed by atoms with Crippen LogP contribution in [0.4, 0.5) is 5.13 Å². The minimum atomic E-state index is -0.311. The number of hydrazone groups is 1. The first-order valence-corrected chi connectivity index (χ1v) is 9.74. The number of carbonyl (C=O) groups is 1. The quantitative estimate of drug-likeness (QED) is 0.469.